The third-order valence-electron chi connectivity index (χ3n) is 7.59. The van der Waals surface area contributed by atoms with Crippen LogP contribution >= 0.6 is 23.5 Å². The minimum Gasteiger partial charge on any atom is -0.355 e. The van der Waals surface area contributed by atoms with Gasteiger partial charge in [0.25, 0.3) is 0 Å². The average molecular weight is 531 g/mol. The summed E-state index contributed by atoms with van der Waals surface area (Å²) in [7, 11) is 0. The molecule has 1 atom stereocenters. The van der Waals surface area contributed by atoms with Gasteiger partial charge in [0.05, 0.1) is 21.8 Å². The van der Waals surface area contributed by atoms with Gasteiger partial charge in [-0.05, 0) is 104 Å². The second-order valence-corrected chi connectivity index (χ2v) is 13.9. The monoisotopic (exact) mass is 530 g/mol. The van der Waals surface area contributed by atoms with Gasteiger partial charge in [0.1, 0.15) is 0 Å². The van der Waals surface area contributed by atoms with Crippen LogP contribution in [0, 0.1) is 19.3 Å². The molecule has 0 N–H and O–H groups in total. The smallest absolute Gasteiger partial charge is 0.0988 e. The number of hydrogen-bond donors (Lipinski definition) is 0. The normalized spacial score (nSPS) is 22.5. The Hall–Kier alpha value is -2.04. The number of unbranched alkanes of at least 4 members (excludes halogenated alkanes) is 2. The molecule has 2 aromatic carbocycles. The van der Waals surface area contributed by atoms with Crippen molar-refractivity contribution in [1.29, 1.82) is 0 Å². The second kappa shape index (κ2) is 11.0. The highest BCUT2D eigenvalue weighted by atomic mass is 32.2. The molecule has 0 radical (unpaired) electrons. The summed E-state index contributed by atoms with van der Waals surface area (Å²) in [4.78, 5) is 7.96. The Bertz CT molecular complexity index is 1250. The number of benzene rings is 2. The van der Waals surface area contributed by atoms with E-state index >= 15 is 0 Å². The van der Waals surface area contributed by atoms with Gasteiger partial charge in [-0.3, -0.25) is 0 Å². The molecule has 196 valence electrons. The maximum absolute atomic E-state index is 2.57. The summed E-state index contributed by atoms with van der Waals surface area (Å²) in [5.41, 5.74) is 8.67. The molecule has 4 heteroatoms. The molecule has 2 aliphatic heterocycles. The summed E-state index contributed by atoms with van der Waals surface area (Å²) >= 11 is 3.96. The lowest BCUT2D eigenvalue weighted by Crippen LogP contribution is -2.28. The van der Waals surface area contributed by atoms with Crippen LogP contribution in [-0.4, -0.2) is 18.5 Å². The number of anilines is 2. The Morgan fingerprint density at radius 1 is 0.946 bits per heavy atom. The molecule has 5 rings (SSSR count). The summed E-state index contributed by atoms with van der Waals surface area (Å²) in [6.45, 7) is 16.0. The molecule has 0 fully saturated rings. The molecule has 0 bridgehead atoms. The van der Waals surface area contributed by atoms with Gasteiger partial charge in [0.15, 0.2) is 0 Å². The fraction of sp³-hybridized carbons (Fsp3) is 0.455. The Labute approximate surface area is 233 Å². The molecule has 2 heterocycles. The molecular formula is C33H42N2S2. The molecule has 0 aromatic heterocycles. The number of rotatable bonds is 7. The molecule has 37 heavy (non-hydrogen) atoms. The fourth-order valence-electron chi connectivity index (χ4n) is 5.88. The zero-order valence-electron chi connectivity index (χ0n) is 23.4. The quantitative estimate of drug-likeness (QED) is 0.328. The van der Waals surface area contributed by atoms with Crippen molar-refractivity contribution >= 4 is 34.9 Å². The van der Waals surface area contributed by atoms with E-state index in [-0.39, 0.29) is 5.41 Å². The highest BCUT2D eigenvalue weighted by Crippen LogP contribution is 2.49. The maximum atomic E-state index is 2.57. The van der Waals surface area contributed by atoms with E-state index < -0.39 is 0 Å². The van der Waals surface area contributed by atoms with Crippen molar-refractivity contribution in [2.45, 2.75) is 88.8 Å². The molecule has 0 saturated heterocycles. The van der Waals surface area contributed by atoms with Crippen LogP contribution in [0.3, 0.4) is 0 Å². The predicted molar refractivity (Wildman–Crippen MR) is 165 cm³/mol. The van der Waals surface area contributed by atoms with E-state index in [2.05, 4.69) is 106 Å². The number of thioether (sulfide) groups is 2. The van der Waals surface area contributed by atoms with Gasteiger partial charge in [-0.1, -0.05) is 75.3 Å². The standard InChI is InChI=1S/C33H42N2S2/c1-7-9-10-15-35-28-14-12-24(4)17-30(28)37-32(35)20-26-18-25(21-33(5,6)22-26)19-31-34(8-2)27-13-11-23(3)16-29(27)36-31/h11-14,16-20,31H,7-10,15,21-22H2,1-6H3. The zero-order chi connectivity index (χ0) is 26.2. The highest BCUT2D eigenvalue weighted by molar-refractivity contribution is 8.03. The van der Waals surface area contributed by atoms with Crippen molar-refractivity contribution < 1.29 is 0 Å². The van der Waals surface area contributed by atoms with E-state index in [0.717, 1.165) is 25.9 Å². The highest BCUT2D eigenvalue weighted by Gasteiger charge is 2.31. The van der Waals surface area contributed by atoms with Crippen LogP contribution in [0.1, 0.15) is 70.9 Å². The molecular weight excluding hydrogens is 489 g/mol. The van der Waals surface area contributed by atoms with Crippen LogP contribution < -0.4 is 9.80 Å². The van der Waals surface area contributed by atoms with Crippen molar-refractivity contribution in [2.24, 2.45) is 5.41 Å². The lowest BCUT2D eigenvalue weighted by molar-refractivity contribution is 0.354. The predicted octanol–water partition coefficient (Wildman–Crippen LogP) is 9.88. The Kier molecular flexibility index (Phi) is 7.88. The van der Waals surface area contributed by atoms with Gasteiger partial charge in [0.2, 0.25) is 0 Å². The van der Waals surface area contributed by atoms with Crippen molar-refractivity contribution in [3.05, 3.63) is 81.9 Å². The van der Waals surface area contributed by atoms with Gasteiger partial charge < -0.3 is 9.80 Å². The Morgan fingerprint density at radius 2 is 1.68 bits per heavy atom. The fourth-order valence-corrected chi connectivity index (χ4v) is 8.59. The zero-order valence-corrected chi connectivity index (χ0v) is 25.1. The molecule has 2 aromatic rings. The number of fused-ring (bicyclic) bond motifs is 2. The van der Waals surface area contributed by atoms with Crippen LogP contribution in [0.2, 0.25) is 0 Å². The van der Waals surface area contributed by atoms with Crippen LogP contribution in [0.5, 0.6) is 0 Å². The first kappa shape index (κ1) is 26.6. The lowest BCUT2D eigenvalue weighted by atomic mass is 9.75. The summed E-state index contributed by atoms with van der Waals surface area (Å²) in [6, 6.07) is 13.8. The van der Waals surface area contributed by atoms with E-state index in [9.17, 15) is 0 Å². The van der Waals surface area contributed by atoms with Gasteiger partial charge >= 0.3 is 0 Å². The number of aryl methyl sites for hydroxylation is 2. The second-order valence-electron chi connectivity index (χ2n) is 11.7. The minimum absolute atomic E-state index is 0.260. The molecule has 1 aliphatic carbocycles. The summed E-state index contributed by atoms with van der Waals surface area (Å²) in [5, 5.41) is 1.77. The van der Waals surface area contributed by atoms with Gasteiger partial charge in [-0.15, -0.1) is 0 Å². The average Bonchev–Trinajstić information content (AvgIpc) is 3.33. The third-order valence-corrected chi connectivity index (χ3v) is 9.90. The topological polar surface area (TPSA) is 6.48 Å². The van der Waals surface area contributed by atoms with E-state index in [1.807, 2.05) is 23.5 Å². The summed E-state index contributed by atoms with van der Waals surface area (Å²) in [6.07, 6.45) is 13.6. The van der Waals surface area contributed by atoms with Crippen molar-refractivity contribution in [3.63, 3.8) is 0 Å². The molecule has 1 unspecified atom stereocenters. The Morgan fingerprint density at radius 3 is 2.41 bits per heavy atom. The van der Waals surface area contributed by atoms with Crippen LogP contribution in [0.4, 0.5) is 11.4 Å². The first-order valence-electron chi connectivity index (χ1n) is 14.0. The van der Waals surface area contributed by atoms with Crippen LogP contribution in [0.25, 0.3) is 0 Å². The molecule has 2 nitrogen and oxygen atoms in total. The third kappa shape index (κ3) is 5.86. The van der Waals surface area contributed by atoms with Crippen molar-refractivity contribution in [2.75, 3.05) is 22.9 Å². The number of hydrogen-bond acceptors (Lipinski definition) is 4. The number of likely N-dealkylation sites (N-methyl/N-ethyl adjacent to an activating group) is 1. The molecule has 3 aliphatic rings. The van der Waals surface area contributed by atoms with E-state index in [0.29, 0.717) is 5.37 Å². The largest absolute Gasteiger partial charge is 0.355 e. The van der Waals surface area contributed by atoms with Crippen molar-refractivity contribution in [1.82, 2.24) is 0 Å². The summed E-state index contributed by atoms with van der Waals surface area (Å²) in [5.74, 6) is 0. The van der Waals surface area contributed by atoms with Crippen LogP contribution in [-0.2, 0) is 0 Å². The van der Waals surface area contributed by atoms with Crippen molar-refractivity contribution in [3.8, 4) is 0 Å². The Balaban J connectivity index is 1.45. The number of nitrogens with zero attached hydrogens (tertiary/aromatic N) is 2. The van der Waals surface area contributed by atoms with Gasteiger partial charge in [0, 0.05) is 22.9 Å². The lowest BCUT2D eigenvalue weighted by Gasteiger charge is -2.32. The van der Waals surface area contributed by atoms with Gasteiger partial charge in [-0.2, -0.15) is 0 Å². The first-order chi connectivity index (χ1) is 17.8. The SMILES string of the molecule is CCCCCN1C(=CC2=CC(=CC3Sc4cc(C)ccc4N3CC)CC(C)(C)C2)Sc2cc(C)ccc21. The van der Waals surface area contributed by atoms with E-state index in [1.54, 1.807) is 0 Å². The van der Waals surface area contributed by atoms with Crippen LogP contribution in [0.15, 0.2) is 80.6 Å². The maximum Gasteiger partial charge on any atom is 0.0988 e. The number of allylic oxidation sites excluding steroid dienone is 4. The molecule has 0 saturated carbocycles. The summed E-state index contributed by atoms with van der Waals surface area (Å²) < 4.78 is 0. The molecule has 0 amide bonds. The van der Waals surface area contributed by atoms with E-state index in [1.165, 1.54) is 67.7 Å². The minimum atomic E-state index is 0.260. The van der Waals surface area contributed by atoms with E-state index in [4.69, 9.17) is 0 Å². The molecule has 0 spiro atoms. The van der Waals surface area contributed by atoms with Gasteiger partial charge in [-0.25, -0.2) is 0 Å². The first-order valence-corrected chi connectivity index (χ1v) is 15.7.